The number of carbonyl (C=O) groups excluding carboxylic acids is 1. The van der Waals surface area contributed by atoms with Crippen LogP contribution in [0.5, 0.6) is 0 Å². The normalized spacial score (nSPS) is 9.76. The van der Waals surface area contributed by atoms with E-state index in [-0.39, 0.29) is 4.47 Å². The van der Waals surface area contributed by atoms with Gasteiger partial charge in [0.2, 0.25) is 11.7 Å². The molecule has 2 N–H and O–H groups in total. The number of carboxylic acid groups (broad SMARTS) is 1. The summed E-state index contributed by atoms with van der Waals surface area (Å²) in [5, 5.41) is 21.8. The van der Waals surface area contributed by atoms with Crippen LogP contribution in [-0.2, 0) is 4.79 Å². The van der Waals surface area contributed by atoms with Crippen molar-refractivity contribution < 1.29 is 19.6 Å². The number of nitrogens with one attached hydrogen (secondary N) is 1. The number of aromatic carboxylic acids is 1. The minimum absolute atomic E-state index is 0.0363. The van der Waals surface area contributed by atoms with Gasteiger partial charge in [0.15, 0.2) is 5.56 Å². The summed E-state index contributed by atoms with van der Waals surface area (Å²) in [7, 11) is 0. The van der Waals surface area contributed by atoms with Gasteiger partial charge in [-0.15, -0.1) is 0 Å². The zero-order valence-corrected chi connectivity index (χ0v) is 10.0. The van der Waals surface area contributed by atoms with E-state index in [2.05, 4.69) is 26.2 Å². The van der Waals surface area contributed by atoms with Crippen molar-refractivity contribution >= 4 is 39.3 Å². The maximum Gasteiger partial charge on any atom is 0.344 e. The summed E-state index contributed by atoms with van der Waals surface area (Å²) in [5.41, 5.74) is -1.32. The number of nitro groups is 1. The lowest BCUT2D eigenvalue weighted by molar-refractivity contribution is -0.384. The first-order valence-corrected chi connectivity index (χ1v) is 4.97. The van der Waals surface area contributed by atoms with Crippen molar-refractivity contribution in [2.75, 3.05) is 5.32 Å². The first-order chi connectivity index (χ1) is 7.84. The Labute approximate surface area is 103 Å². The van der Waals surface area contributed by atoms with E-state index in [0.29, 0.717) is 0 Å². The molecule has 90 valence electrons. The van der Waals surface area contributed by atoms with Crippen LogP contribution in [0.15, 0.2) is 10.7 Å². The molecule has 1 aromatic rings. The minimum atomic E-state index is -1.49. The van der Waals surface area contributed by atoms with Gasteiger partial charge in [-0.2, -0.15) is 0 Å². The van der Waals surface area contributed by atoms with Gasteiger partial charge in [-0.1, -0.05) is 0 Å². The molecule has 0 aliphatic heterocycles. The number of rotatable bonds is 3. The molecule has 1 heterocycles. The van der Waals surface area contributed by atoms with E-state index in [1.807, 2.05) is 0 Å². The Balaban J connectivity index is 3.52. The molecule has 1 rings (SSSR count). The fraction of sp³-hybridized carbons (Fsp3) is 0.125. The summed E-state index contributed by atoms with van der Waals surface area (Å²) >= 11 is 2.86. The Bertz CT molecular complexity index is 516. The number of halogens is 1. The van der Waals surface area contributed by atoms with E-state index in [1.165, 1.54) is 0 Å². The van der Waals surface area contributed by atoms with E-state index >= 15 is 0 Å². The third-order valence-electron chi connectivity index (χ3n) is 1.70. The first kappa shape index (κ1) is 13.0. The quantitative estimate of drug-likeness (QED) is 0.643. The molecule has 0 fully saturated rings. The number of hydrogen-bond donors (Lipinski definition) is 2. The van der Waals surface area contributed by atoms with Crippen molar-refractivity contribution in [2.24, 2.45) is 0 Å². The fourth-order valence-electron chi connectivity index (χ4n) is 1.12. The van der Waals surface area contributed by atoms with Crippen LogP contribution in [0, 0.1) is 10.1 Å². The number of hydrogen-bond acceptors (Lipinski definition) is 5. The lowest BCUT2D eigenvalue weighted by atomic mass is 10.2. The molecule has 1 aromatic heterocycles. The van der Waals surface area contributed by atoms with Crippen LogP contribution in [0.4, 0.5) is 11.5 Å². The highest BCUT2D eigenvalue weighted by atomic mass is 79.9. The van der Waals surface area contributed by atoms with Gasteiger partial charge in [-0.3, -0.25) is 14.9 Å². The van der Waals surface area contributed by atoms with Crippen molar-refractivity contribution in [1.29, 1.82) is 0 Å². The fourth-order valence-corrected chi connectivity index (χ4v) is 1.58. The molecule has 0 saturated carbocycles. The summed E-state index contributed by atoms with van der Waals surface area (Å²) in [5.74, 6) is -2.47. The standard InChI is InChI=1S/C8H6BrN3O5/c1-3(13)11-7-6(12(16)17)5(8(14)15)4(9)2-10-7/h2H,1H3,(H,14,15)(H,10,11,13). The van der Waals surface area contributed by atoms with Gasteiger partial charge in [-0.25, -0.2) is 9.78 Å². The van der Waals surface area contributed by atoms with Gasteiger partial charge < -0.3 is 10.4 Å². The van der Waals surface area contributed by atoms with Gasteiger partial charge in [0.25, 0.3) is 0 Å². The largest absolute Gasteiger partial charge is 0.477 e. The molecule has 0 atom stereocenters. The van der Waals surface area contributed by atoms with Crippen LogP contribution < -0.4 is 5.32 Å². The molecular formula is C8H6BrN3O5. The van der Waals surface area contributed by atoms with Crippen molar-refractivity contribution in [3.63, 3.8) is 0 Å². The van der Waals surface area contributed by atoms with Gasteiger partial charge in [0, 0.05) is 13.1 Å². The van der Waals surface area contributed by atoms with E-state index in [4.69, 9.17) is 5.11 Å². The molecule has 0 spiro atoms. The maximum absolute atomic E-state index is 10.9. The zero-order chi connectivity index (χ0) is 13.2. The number of carbonyl (C=O) groups is 2. The van der Waals surface area contributed by atoms with E-state index in [0.717, 1.165) is 13.1 Å². The Kier molecular flexibility index (Phi) is 3.73. The Morgan fingerprint density at radius 3 is 2.59 bits per heavy atom. The number of anilines is 1. The number of amides is 1. The second kappa shape index (κ2) is 4.87. The Morgan fingerprint density at radius 1 is 1.59 bits per heavy atom. The second-order valence-corrected chi connectivity index (χ2v) is 3.78. The smallest absolute Gasteiger partial charge is 0.344 e. The Hall–Kier alpha value is -2.03. The molecule has 1 amide bonds. The highest BCUT2D eigenvalue weighted by Gasteiger charge is 2.29. The molecule has 9 heteroatoms. The maximum atomic E-state index is 10.9. The summed E-state index contributed by atoms with van der Waals surface area (Å²) in [6.45, 7) is 1.13. The predicted molar refractivity (Wildman–Crippen MR) is 59.9 cm³/mol. The van der Waals surface area contributed by atoms with Crippen LogP contribution >= 0.6 is 15.9 Å². The van der Waals surface area contributed by atoms with Crippen LogP contribution in [0.1, 0.15) is 17.3 Å². The molecule has 17 heavy (non-hydrogen) atoms. The number of nitrogens with zero attached hydrogens (tertiary/aromatic N) is 2. The number of pyridine rings is 1. The number of aromatic nitrogens is 1. The van der Waals surface area contributed by atoms with Gasteiger partial charge in [-0.05, 0) is 15.9 Å². The molecule has 0 bridgehead atoms. The van der Waals surface area contributed by atoms with Crippen LogP contribution in [-0.4, -0.2) is 26.9 Å². The molecule has 0 unspecified atom stereocenters. The SMILES string of the molecule is CC(=O)Nc1ncc(Br)c(C(=O)O)c1[N+](=O)[O-]. The third-order valence-corrected chi connectivity index (χ3v) is 2.30. The highest BCUT2D eigenvalue weighted by Crippen LogP contribution is 2.32. The molecule has 0 aliphatic rings. The third kappa shape index (κ3) is 2.75. The minimum Gasteiger partial charge on any atom is -0.477 e. The average molecular weight is 304 g/mol. The van der Waals surface area contributed by atoms with Crippen molar-refractivity contribution in [1.82, 2.24) is 4.98 Å². The lowest BCUT2D eigenvalue weighted by Gasteiger charge is -2.06. The second-order valence-electron chi connectivity index (χ2n) is 2.92. The van der Waals surface area contributed by atoms with Gasteiger partial charge >= 0.3 is 11.7 Å². The van der Waals surface area contributed by atoms with Gasteiger partial charge in [0.1, 0.15) is 0 Å². The molecule has 0 aromatic carbocycles. The number of carboxylic acids is 1. The van der Waals surface area contributed by atoms with Crippen LogP contribution in [0.2, 0.25) is 0 Å². The van der Waals surface area contributed by atoms with Crippen LogP contribution in [0.25, 0.3) is 0 Å². The molecular weight excluding hydrogens is 298 g/mol. The summed E-state index contributed by atoms with van der Waals surface area (Å²) in [4.78, 5) is 35.2. The topological polar surface area (TPSA) is 122 Å². The van der Waals surface area contributed by atoms with Crippen molar-refractivity contribution in [2.45, 2.75) is 6.92 Å². The highest BCUT2D eigenvalue weighted by molar-refractivity contribution is 9.10. The predicted octanol–water partition coefficient (Wildman–Crippen LogP) is 1.41. The summed E-state index contributed by atoms with van der Waals surface area (Å²) < 4.78 is -0.0363. The molecule has 0 aliphatic carbocycles. The van der Waals surface area contributed by atoms with Gasteiger partial charge in [0.05, 0.1) is 9.40 Å². The first-order valence-electron chi connectivity index (χ1n) is 4.18. The van der Waals surface area contributed by atoms with Crippen molar-refractivity contribution in [3.8, 4) is 0 Å². The van der Waals surface area contributed by atoms with E-state index < -0.39 is 33.9 Å². The zero-order valence-electron chi connectivity index (χ0n) is 8.43. The van der Waals surface area contributed by atoms with E-state index in [9.17, 15) is 19.7 Å². The Morgan fingerprint density at radius 2 is 2.18 bits per heavy atom. The molecule has 0 saturated heterocycles. The summed E-state index contributed by atoms with van der Waals surface area (Å²) in [6.07, 6.45) is 1.07. The van der Waals surface area contributed by atoms with Crippen LogP contribution in [0.3, 0.4) is 0 Å². The summed E-state index contributed by atoms with van der Waals surface area (Å²) in [6, 6.07) is 0. The molecule has 8 nitrogen and oxygen atoms in total. The molecule has 0 radical (unpaired) electrons. The van der Waals surface area contributed by atoms with E-state index in [1.54, 1.807) is 0 Å². The monoisotopic (exact) mass is 303 g/mol. The average Bonchev–Trinajstić information content (AvgIpc) is 2.18. The van der Waals surface area contributed by atoms with Crippen molar-refractivity contribution in [3.05, 3.63) is 26.3 Å². The lowest BCUT2D eigenvalue weighted by Crippen LogP contribution is -2.13.